The second-order valence-corrected chi connectivity index (χ2v) is 10.3. The van der Waals surface area contributed by atoms with Crippen molar-refractivity contribution < 1.29 is 38.5 Å². The topological polar surface area (TPSA) is 124 Å². The van der Waals surface area contributed by atoms with E-state index in [0.29, 0.717) is 18.6 Å². The summed E-state index contributed by atoms with van der Waals surface area (Å²) in [6.07, 6.45) is 1.25. The lowest BCUT2D eigenvalue weighted by Crippen LogP contribution is -2.43. The number of hydrogen-bond acceptors (Lipinski definition) is 7. The first kappa shape index (κ1) is 29.1. The summed E-state index contributed by atoms with van der Waals surface area (Å²) in [5.41, 5.74) is 5.11. The van der Waals surface area contributed by atoms with E-state index in [4.69, 9.17) is 19.0 Å². The van der Waals surface area contributed by atoms with Crippen molar-refractivity contribution in [3.8, 4) is 16.9 Å². The number of benzene rings is 3. The van der Waals surface area contributed by atoms with E-state index >= 15 is 0 Å². The summed E-state index contributed by atoms with van der Waals surface area (Å²) >= 11 is 0. The molecule has 2 aliphatic rings. The maximum absolute atomic E-state index is 13.0. The number of carboxylic acid groups (broad SMARTS) is 1. The summed E-state index contributed by atoms with van der Waals surface area (Å²) in [6, 6.07) is 19.4. The number of amides is 2. The average Bonchev–Trinajstić information content (AvgIpc) is 3.33. The van der Waals surface area contributed by atoms with Gasteiger partial charge in [0.25, 0.3) is 5.91 Å². The highest BCUT2D eigenvalue weighted by molar-refractivity contribution is 5.96. The Bertz CT molecular complexity index is 1410. The van der Waals surface area contributed by atoms with Crippen molar-refractivity contribution in [3.63, 3.8) is 0 Å². The van der Waals surface area contributed by atoms with Gasteiger partial charge in [0.15, 0.2) is 6.29 Å². The molecule has 1 unspecified atom stereocenters. The van der Waals surface area contributed by atoms with E-state index in [0.717, 1.165) is 40.2 Å². The van der Waals surface area contributed by atoms with Gasteiger partial charge < -0.3 is 24.6 Å². The highest BCUT2D eigenvalue weighted by Crippen LogP contribution is 2.44. The Morgan fingerprint density at radius 2 is 1.71 bits per heavy atom. The number of carboxylic acids is 1. The standard InChI is InChI=1S/C32H34N2O8/c1-34(42-29-13-7-8-16-40-29)30(35)25-15-14-20(18-28(25)39-2)17-27(31(36)37)33-32(38)41-19-26-23-11-5-3-9-21(23)22-10-4-6-12-24(22)26/h3-6,9-12,14-15,18,26-27,29H,7-8,13,16-17,19H2,1-2H3,(H,33,38)(H,36,37)/t27-,29?/m0/s1. The minimum Gasteiger partial charge on any atom is -0.496 e. The maximum Gasteiger partial charge on any atom is 0.407 e. The van der Waals surface area contributed by atoms with E-state index in [-0.39, 0.29) is 30.3 Å². The molecule has 0 radical (unpaired) electrons. The molecule has 0 spiro atoms. The van der Waals surface area contributed by atoms with Gasteiger partial charge in [0.1, 0.15) is 18.4 Å². The molecular weight excluding hydrogens is 540 g/mol. The quantitative estimate of drug-likeness (QED) is 0.332. The van der Waals surface area contributed by atoms with Gasteiger partial charge in [0.05, 0.1) is 12.7 Å². The number of ether oxygens (including phenoxy) is 3. The van der Waals surface area contributed by atoms with Crippen LogP contribution in [-0.4, -0.2) is 67.8 Å². The van der Waals surface area contributed by atoms with Crippen molar-refractivity contribution in [2.45, 2.75) is 43.9 Å². The lowest BCUT2D eigenvalue weighted by Gasteiger charge is -2.27. The van der Waals surface area contributed by atoms with Gasteiger partial charge in [-0.05, 0) is 52.8 Å². The van der Waals surface area contributed by atoms with Crippen molar-refractivity contribution in [2.24, 2.45) is 0 Å². The molecule has 1 fully saturated rings. The number of carbonyl (C=O) groups excluding carboxylic acids is 2. The van der Waals surface area contributed by atoms with Crippen LogP contribution in [0.3, 0.4) is 0 Å². The minimum absolute atomic E-state index is 0.0490. The molecule has 1 heterocycles. The molecule has 0 aromatic heterocycles. The van der Waals surface area contributed by atoms with Crippen LogP contribution < -0.4 is 10.1 Å². The number of hydrogen-bond donors (Lipinski definition) is 2. The Morgan fingerprint density at radius 1 is 1.02 bits per heavy atom. The molecule has 10 heteroatoms. The fourth-order valence-corrected chi connectivity index (χ4v) is 5.45. The number of rotatable bonds is 10. The van der Waals surface area contributed by atoms with Crippen molar-refractivity contribution in [1.29, 1.82) is 0 Å². The summed E-state index contributed by atoms with van der Waals surface area (Å²) in [5.74, 6) is -1.54. The lowest BCUT2D eigenvalue weighted by molar-refractivity contribution is -0.258. The van der Waals surface area contributed by atoms with Crippen molar-refractivity contribution >= 4 is 18.0 Å². The molecule has 5 rings (SSSR count). The zero-order valence-corrected chi connectivity index (χ0v) is 23.6. The molecule has 10 nitrogen and oxygen atoms in total. The fraction of sp³-hybridized carbons (Fsp3) is 0.344. The van der Waals surface area contributed by atoms with E-state index in [1.54, 1.807) is 18.2 Å². The first-order valence-corrected chi connectivity index (χ1v) is 13.9. The monoisotopic (exact) mass is 574 g/mol. The average molecular weight is 575 g/mol. The zero-order valence-electron chi connectivity index (χ0n) is 23.6. The van der Waals surface area contributed by atoms with Gasteiger partial charge in [0.2, 0.25) is 0 Å². The second kappa shape index (κ2) is 13.1. The number of carbonyl (C=O) groups is 3. The van der Waals surface area contributed by atoms with Crippen LogP contribution in [-0.2, 0) is 25.5 Å². The Kier molecular flexibility index (Phi) is 9.04. The molecule has 1 aliphatic carbocycles. The van der Waals surface area contributed by atoms with E-state index in [1.165, 1.54) is 14.2 Å². The molecule has 1 saturated heterocycles. The molecular formula is C32H34N2O8. The Balaban J connectivity index is 1.21. The van der Waals surface area contributed by atoms with Crippen LogP contribution >= 0.6 is 0 Å². The van der Waals surface area contributed by atoms with Gasteiger partial charge in [-0.2, -0.15) is 0 Å². The number of aliphatic carboxylic acids is 1. The molecule has 0 bridgehead atoms. The Morgan fingerprint density at radius 3 is 2.33 bits per heavy atom. The molecule has 3 aromatic carbocycles. The van der Waals surface area contributed by atoms with E-state index in [9.17, 15) is 19.5 Å². The minimum atomic E-state index is -1.26. The van der Waals surface area contributed by atoms with Crippen molar-refractivity contribution in [1.82, 2.24) is 10.4 Å². The number of nitrogens with zero attached hydrogens (tertiary/aromatic N) is 1. The summed E-state index contributed by atoms with van der Waals surface area (Å²) in [5, 5.41) is 13.4. The van der Waals surface area contributed by atoms with Crippen molar-refractivity contribution in [2.75, 3.05) is 27.4 Å². The van der Waals surface area contributed by atoms with E-state index < -0.39 is 30.3 Å². The first-order chi connectivity index (χ1) is 20.4. The van der Waals surface area contributed by atoms with E-state index in [1.807, 2.05) is 48.5 Å². The molecule has 0 saturated carbocycles. The van der Waals surface area contributed by atoms with E-state index in [2.05, 4.69) is 5.32 Å². The predicted octanol–water partition coefficient (Wildman–Crippen LogP) is 4.76. The van der Waals surface area contributed by atoms with Crippen LogP contribution in [0.2, 0.25) is 0 Å². The molecule has 3 aromatic rings. The molecule has 220 valence electrons. The molecule has 42 heavy (non-hydrogen) atoms. The van der Waals surface area contributed by atoms with Crippen LogP contribution in [0.5, 0.6) is 5.75 Å². The Hall–Kier alpha value is -4.41. The number of methoxy groups -OCH3 is 1. The number of hydroxylamine groups is 2. The van der Waals surface area contributed by atoms with Crippen LogP contribution in [0, 0.1) is 0 Å². The van der Waals surface area contributed by atoms with Crippen LogP contribution in [0.25, 0.3) is 11.1 Å². The van der Waals surface area contributed by atoms with Gasteiger partial charge >= 0.3 is 12.1 Å². The third-order valence-corrected chi connectivity index (χ3v) is 7.57. The summed E-state index contributed by atoms with van der Waals surface area (Å²) in [4.78, 5) is 43.4. The molecule has 2 atom stereocenters. The number of fused-ring (bicyclic) bond motifs is 3. The molecule has 2 amide bonds. The highest BCUT2D eigenvalue weighted by atomic mass is 16.8. The summed E-state index contributed by atoms with van der Waals surface area (Å²) in [7, 11) is 2.93. The van der Waals surface area contributed by atoms with Gasteiger partial charge in [0, 0.05) is 32.4 Å². The Labute approximate surface area is 244 Å². The first-order valence-electron chi connectivity index (χ1n) is 13.9. The smallest absolute Gasteiger partial charge is 0.407 e. The van der Waals surface area contributed by atoms with Crippen LogP contribution in [0.15, 0.2) is 66.7 Å². The van der Waals surface area contributed by atoms with Crippen LogP contribution in [0.1, 0.15) is 52.2 Å². The molecule has 2 N–H and O–H groups in total. The maximum atomic E-state index is 13.0. The largest absolute Gasteiger partial charge is 0.496 e. The number of nitrogens with one attached hydrogen (secondary N) is 1. The summed E-state index contributed by atoms with van der Waals surface area (Å²) in [6.45, 7) is 0.651. The lowest BCUT2D eigenvalue weighted by atomic mass is 9.98. The molecule has 1 aliphatic heterocycles. The predicted molar refractivity (Wildman–Crippen MR) is 153 cm³/mol. The van der Waals surface area contributed by atoms with Gasteiger partial charge in [-0.3, -0.25) is 4.79 Å². The third-order valence-electron chi connectivity index (χ3n) is 7.57. The summed E-state index contributed by atoms with van der Waals surface area (Å²) < 4.78 is 16.5. The SMILES string of the molecule is COc1cc(C[C@H](NC(=O)OCC2c3ccccc3-c3ccccc32)C(=O)O)ccc1C(=O)N(C)OC1CCCCO1. The van der Waals surface area contributed by atoms with Gasteiger partial charge in [-0.15, -0.1) is 0 Å². The highest BCUT2D eigenvalue weighted by Gasteiger charge is 2.30. The number of alkyl carbamates (subject to hydrolysis) is 1. The van der Waals surface area contributed by atoms with Crippen LogP contribution in [0.4, 0.5) is 4.79 Å². The van der Waals surface area contributed by atoms with Gasteiger partial charge in [-0.1, -0.05) is 54.6 Å². The zero-order chi connectivity index (χ0) is 29.6. The second-order valence-electron chi connectivity index (χ2n) is 10.3. The fourth-order valence-electron chi connectivity index (χ4n) is 5.45. The third kappa shape index (κ3) is 6.40. The van der Waals surface area contributed by atoms with Crippen molar-refractivity contribution in [3.05, 3.63) is 89.0 Å². The van der Waals surface area contributed by atoms with Gasteiger partial charge in [-0.25, -0.2) is 19.5 Å². The normalized spacial score (nSPS) is 16.6.